The molecule has 0 aliphatic rings. The Balaban J connectivity index is 1.70. The lowest BCUT2D eigenvalue weighted by Crippen LogP contribution is -2.10. The van der Waals surface area contributed by atoms with Crippen LogP contribution in [-0.2, 0) is 4.79 Å². The van der Waals surface area contributed by atoms with Crippen molar-refractivity contribution >= 4 is 22.8 Å². The molecule has 3 aromatic rings. The summed E-state index contributed by atoms with van der Waals surface area (Å²) in [5.41, 5.74) is 3.29. The van der Waals surface area contributed by atoms with E-state index in [1.54, 1.807) is 6.08 Å². The van der Waals surface area contributed by atoms with Crippen molar-refractivity contribution in [3.05, 3.63) is 77.4 Å². The van der Waals surface area contributed by atoms with E-state index in [0.29, 0.717) is 24.9 Å². The first-order valence-electron chi connectivity index (χ1n) is 9.74. The second-order valence-corrected chi connectivity index (χ2v) is 7.24. The van der Waals surface area contributed by atoms with Gasteiger partial charge in [0.05, 0.1) is 0 Å². The molecule has 4 heteroatoms. The van der Waals surface area contributed by atoms with E-state index in [4.69, 9.17) is 14.6 Å². The molecule has 3 rings (SSSR count). The molecule has 0 unspecified atom stereocenters. The van der Waals surface area contributed by atoms with Crippen molar-refractivity contribution in [2.75, 3.05) is 13.2 Å². The number of rotatable bonds is 8. The SMILES string of the molecule is Cc1cc(OCCOc2ccc3ccccc3c2C=CC(=O)O)ccc1C(C)C. The van der Waals surface area contributed by atoms with Gasteiger partial charge < -0.3 is 14.6 Å². The summed E-state index contributed by atoms with van der Waals surface area (Å²) < 4.78 is 11.8. The van der Waals surface area contributed by atoms with Crippen LogP contribution in [-0.4, -0.2) is 24.3 Å². The van der Waals surface area contributed by atoms with Crippen LogP contribution in [0.1, 0.15) is 36.5 Å². The number of carbonyl (C=O) groups is 1. The number of carboxylic acid groups (broad SMARTS) is 1. The smallest absolute Gasteiger partial charge is 0.328 e. The van der Waals surface area contributed by atoms with Crippen LogP contribution in [0.25, 0.3) is 16.8 Å². The van der Waals surface area contributed by atoms with Gasteiger partial charge in [0, 0.05) is 11.6 Å². The van der Waals surface area contributed by atoms with Gasteiger partial charge in [-0.2, -0.15) is 0 Å². The fraction of sp³-hybridized carbons (Fsp3) is 0.240. The molecule has 0 aliphatic heterocycles. The Morgan fingerprint density at radius 3 is 2.52 bits per heavy atom. The average molecular weight is 390 g/mol. The molecule has 0 saturated carbocycles. The van der Waals surface area contributed by atoms with E-state index >= 15 is 0 Å². The van der Waals surface area contributed by atoms with Crippen molar-refractivity contribution in [3.63, 3.8) is 0 Å². The van der Waals surface area contributed by atoms with Gasteiger partial charge in [-0.1, -0.05) is 50.2 Å². The fourth-order valence-electron chi connectivity index (χ4n) is 3.42. The zero-order valence-corrected chi connectivity index (χ0v) is 17.0. The van der Waals surface area contributed by atoms with Gasteiger partial charge >= 0.3 is 5.97 Å². The molecule has 3 aromatic carbocycles. The number of carboxylic acids is 1. The Morgan fingerprint density at radius 1 is 1.03 bits per heavy atom. The highest BCUT2D eigenvalue weighted by Crippen LogP contribution is 2.29. The van der Waals surface area contributed by atoms with Crippen LogP contribution in [0.4, 0.5) is 0 Å². The normalized spacial score (nSPS) is 11.3. The van der Waals surface area contributed by atoms with Gasteiger partial charge in [0.2, 0.25) is 0 Å². The van der Waals surface area contributed by atoms with Gasteiger partial charge in [0.25, 0.3) is 0 Å². The van der Waals surface area contributed by atoms with Crippen molar-refractivity contribution in [3.8, 4) is 11.5 Å². The number of hydrogen-bond acceptors (Lipinski definition) is 3. The monoisotopic (exact) mass is 390 g/mol. The van der Waals surface area contributed by atoms with Crippen molar-refractivity contribution in [2.45, 2.75) is 26.7 Å². The van der Waals surface area contributed by atoms with Gasteiger partial charge in [-0.05, 0) is 59.0 Å². The number of aryl methyl sites for hydroxylation is 1. The van der Waals surface area contributed by atoms with Crippen LogP contribution < -0.4 is 9.47 Å². The summed E-state index contributed by atoms with van der Waals surface area (Å²) in [6.07, 6.45) is 2.71. The summed E-state index contributed by atoms with van der Waals surface area (Å²) in [6, 6.07) is 17.8. The highest BCUT2D eigenvalue weighted by atomic mass is 16.5. The third-order valence-corrected chi connectivity index (χ3v) is 4.80. The Labute approximate surface area is 171 Å². The maximum Gasteiger partial charge on any atom is 0.328 e. The lowest BCUT2D eigenvalue weighted by molar-refractivity contribution is -0.131. The lowest BCUT2D eigenvalue weighted by Gasteiger charge is -2.14. The predicted molar refractivity (Wildman–Crippen MR) is 117 cm³/mol. The standard InChI is InChI=1S/C25H26O4/c1-17(2)21-10-9-20(16-18(21)3)28-14-15-29-24-12-8-19-6-4-5-7-22(19)23(24)11-13-25(26)27/h4-13,16-17H,14-15H2,1-3H3,(H,26,27). The van der Waals surface area contributed by atoms with Crippen molar-refractivity contribution in [1.29, 1.82) is 0 Å². The Kier molecular flexibility index (Phi) is 6.55. The molecule has 0 atom stereocenters. The second kappa shape index (κ2) is 9.28. The Morgan fingerprint density at radius 2 is 1.79 bits per heavy atom. The van der Waals surface area contributed by atoms with E-state index in [1.165, 1.54) is 11.1 Å². The van der Waals surface area contributed by atoms with Crippen LogP contribution in [0, 0.1) is 6.92 Å². The van der Waals surface area contributed by atoms with E-state index in [-0.39, 0.29) is 0 Å². The van der Waals surface area contributed by atoms with Gasteiger partial charge in [-0.25, -0.2) is 4.79 Å². The maximum absolute atomic E-state index is 11.0. The van der Waals surface area contributed by atoms with Crippen LogP contribution in [0.5, 0.6) is 11.5 Å². The number of hydrogen-bond donors (Lipinski definition) is 1. The topological polar surface area (TPSA) is 55.8 Å². The zero-order valence-electron chi connectivity index (χ0n) is 17.0. The number of benzene rings is 3. The molecular weight excluding hydrogens is 364 g/mol. The average Bonchev–Trinajstić information content (AvgIpc) is 2.69. The predicted octanol–water partition coefficient (Wildman–Crippen LogP) is 5.83. The van der Waals surface area contributed by atoms with Crippen molar-refractivity contribution in [1.82, 2.24) is 0 Å². The largest absolute Gasteiger partial charge is 0.490 e. The molecule has 0 radical (unpaired) electrons. The summed E-state index contributed by atoms with van der Waals surface area (Å²) in [5.74, 6) is 0.946. The summed E-state index contributed by atoms with van der Waals surface area (Å²) >= 11 is 0. The minimum atomic E-state index is -0.993. The molecule has 150 valence electrons. The third-order valence-electron chi connectivity index (χ3n) is 4.80. The number of ether oxygens (including phenoxy) is 2. The number of fused-ring (bicyclic) bond motifs is 1. The van der Waals surface area contributed by atoms with Crippen molar-refractivity contribution in [2.24, 2.45) is 0 Å². The van der Waals surface area contributed by atoms with Crippen LogP contribution >= 0.6 is 0 Å². The summed E-state index contributed by atoms with van der Waals surface area (Å²) in [6.45, 7) is 7.20. The molecule has 4 nitrogen and oxygen atoms in total. The molecular formula is C25H26O4. The molecule has 0 aromatic heterocycles. The van der Waals surface area contributed by atoms with E-state index in [9.17, 15) is 4.79 Å². The molecule has 0 bridgehead atoms. The highest BCUT2D eigenvalue weighted by molar-refractivity contribution is 5.96. The molecule has 1 N–H and O–H groups in total. The summed E-state index contributed by atoms with van der Waals surface area (Å²) in [7, 11) is 0. The van der Waals surface area contributed by atoms with Gasteiger partial charge in [0.1, 0.15) is 24.7 Å². The van der Waals surface area contributed by atoms with Gasteiger partial charge in [0.15, 0.2) is 0 Å². The minimum absolute atomic E-state index is 0.358. The molecule has 0 amide bonds. The molecule has 0 saturated heterocycles. The highest BCUT2D eigenvalue weighted by Gasteiger charge is 2.08. The third kappa shape index (κ3) is 5.17. The van der Waals surface area contributed by atoms with E-state index in [2.05, 4.69) is 26.8 Å². The number of aliphatic carboxylic acids is 1. The van der Waals surface area contributed by atoms with Crippen LogP contribution in [0.15, 0.2) is 60.7 Å². The van der Waals surface area contributed by atoms with Gasteiger partial charge in [-0.3, -0.25) is 0 Å². The lowest BCUT2D eigenvalue weighted by atomic mass is 9.98. The van der Waals surface area contributed by atoms with E-state index < -0.39 is 5.97 Å². The van der Waals surface area contributed by atoms with Gasteiger partial charge in [-0.15, -0.1) is 0 Å². The van der Waals surface area contributed by atoms with Crippen molar-refractivity contribution < 1.29 is 19.4 Å². The first kappa shape index (κ1) is 20.5. The minimum Gasteiger partial charge on any atom is -0.490 e. The Bertz CT molecular complexity index is 1030. The molecule has 0 spiro atoms. The second-order valence-electron chi connectivity index (χ2n) is 7.24. The van der Waals surface area contributed by atoms with Crippen LogP contribution in [0.3, 0.4) is 0 Å². The molecule has 0 aliphatic carbocycles. The quantitative estimate of drug-likeness (QED) is 0.388. The first-order valence-corrected chi connectivity index (χ1v) is 9.74. The molecule has 0 heterocycles. The summed E-state index contributed by atoms with van der Waals surface area (Å²) in [4.78, 5) is 11.0. The Hall–Kier alpha value is -3.27. The first-order chi connectivity index (χ1) is 14.0. The fourth-order valence-corrected chi connectivity index (χ4v) is 3.42. The molecule has 0 fully saturated rings. The van der Waals surface area contributed by atoms with E-state index in [1.807, 2.05) is 48.5 Å². The maximum atomic E-state index is 11.0. The van der Waals surface area contributed by atoms with Crippen LogP contribution in [0.2, 0.25) is 0 Å². The summed E-state index contributed by atoms with van der Waals surface area (Å²) in [5, 5.41) is 11.0. The molecule has 29 heavy (non-hydrogen) atoms. The zero-order chi connectivity index (χ0) is 20.8. The van der Waals surface area contributed by atoms with E-state index in [0.717, 1.165) is 28.2 Å².